The largest absolute Gasteiger partial charge is 0.492 e. The molecule has 2 heterocycles. The first-order valence-corrected chi connectivity index (χ1v) is 18.0. The Kier molecular flexibility index (Phi) is 10.8. The summed E-state index contributed by atoms with van der Waals surface area (Å²) in [5, 5.41) is 0. The van der Waals surface area contributed by atoms with Crippen LogP contribution >= 0.6 is 0 Å². The van der Waals surface area contributed by atoms with Gasteiger partial charge in [0.15, 0.2) is 0 Å². The van der Waals surface area contributed by atoms with Gasteiger partial charge in [-0.3, -0.25) is 4.90 Å². The average molecular weight is 653 g/mol. The van der Waals surface area contributed by atoms with Gasteiger partial charge in [0.2, 0.25) is 0 Å². The van der Waals surface area contributed by atoms with Crippen LogP contribution in [-0.4, -0.2) is 31.1 Å². The van der Waals surface area contributed by atoms with Crippen molar-refractivity contribution >= 4 is 5.69 Å². The maximum absolute atomic E-state index is 6.32. The van der Waals surface area contributed by atoms with Crippen LogP contribution in [0.4, 0.5) is 5.69 Å². The molecule has 1 saturated heterocycles. The van der Waals surface area contributed by atoms with E-state index in [2.05, 4.69) is 120 Å². The maximum Gasteiger partial charge on any atom is 0.120 e. The minimum absolute atomic E-state index is 0.188. The number of fused-ring (bicyclic) bond motifs is 1. The third-order valence-corrected chi connectivity index (χ3v) is 9.98. The molecule has 2 atom stereocenters. The van der Waals surface area contributed by atoms with Crippen molar-refractivity contribution in [1.82, 2.24) is 4.90 Å². The Bertz CT molecular complexity index is 1740. The van der Waals surface area contributed by atoms with Crippen molar-refractivity contribution in [2.75, 3.05) is 31.1 Å². The fourth-order valence-electron chi connectivity index (χ4n) is 7.36. The summed E-state index contributed by atoms with van der Waals surface area (Å²) in [6, 6.07) is 45.0. The number of piperidine rings is 1. The van der Waals surface area contributed by atoms with Crippen LogP contribution in [0.3, 0.4) is 0 Å². The first-order chi connectivity index (χ1) is 24.2. The summed E-state index contributed by atoms with van der Waals surface area (Å²) in [5.41, 5.74) is 7.51. The summed E-state index contributed by atoms with van der Waals surface area (Å²) >= 11 is 0. The Balaban J connectivity index is 1.10. The van der Waals surface area contributed by atoms with Gasteiger partial charge >= 0.3 is 0 Å². The molecule has 0 amide bonds. The van der Waals surface area contributed by atoms with Gasteiger partial charge in [0.05, 0.1) is 6.04 Å². The molecule has 7 rings (SSSR count). The van der Waals surface area contributed by atoms with Crippen molar-refractivity contribution in [2.45, 2.75) is 64.3 Å². The maximum atomic E-state index is 6.32. The van der Waals surface area contributed by atoms with E-state index in [0.717, 1.165) is 43.4 Å². The molecule has 2 unspecified atom stereocenters. The molecule has 0 radical (unpaired) electrons. The van der Waals surface area contributed by atoms with Crippen LogP contribution in [0.15, 0.2) is 127 Å². The van der Waals surface area contributed by atoms with Crippen LogP contribution in [0.2, 0.25) is 0 Å². The zero-order chi connectivity index (χ0) is 33.3. The lowest BCUT2D eigenvalue weighted by atomic mass is 9.88. The molecule has 2 aliphatic heterocycles. The highest BCUT2D eigenvalue weighted by Crippen LogP contribution is 2.52. The van der Waals surface area contributed by atoms with E-state index in [1.54, 1.807) is 0 Å². The molecule has 49 heavy (non-hydrogen) atoms. The summed E-state index contributed by atoms with van der Waals surface area (Å²) in [7, 11) is 0. The van der Waals surface area contributed by atoms with Crippen molar-refractivity contribution in [1.29, 1.82) is 0 Å². The Hall–Kier alpha value is -4.74. The second kappa shape index (κ2) is 16.1. The van der Waals surface area contributed by atoms with Crippen LogP contribution in [0.25, 0.3) is 0 Å². The van der Waals surface area contributed by atoms with Gasteiger partial charge in [-0.15, -0.1) is 0 Å². The smallest absolute Gasteiger partial charge is 0.120 e. The summed E-state index contributed by atoms with van der Waals surface area (Å²) in [4.78, 5) is 5.10. The molecule has 5 heteroatoms. The molecule has 1 fully saturated rings. The lowest BCUT2D eigenvalue weighted by Crippen LogP contribution is -2.33. The van der Waals surface area contributed by atoms with E-state index in [0.29, 0.717) is 19.1 Å². The quantitative estimate of drug-likeness (QED) is 0.119. The van der Waals surface area contributed by atoms with Crippen molar-refractivity contribution in [2.24, 2.45) is 0 Å². The van der Waals surface area contributed by atoms with E-state index < -0.39 is 0 Å². The van der Waals surface area contributed by atoms with E-state index in [9.17, 15) is 0 Å². The lowest BCUT2D eigenvalue weighted by molar-refractivity contribution is 0.183. The first kappa shape index (κ1) is 32.8. The molecule has 5 nitrogen and oxygen atoms in total. The van der Waals surface area contributed by atoms with E-state index in [-0.39, 0.29) is 6.04 Å². The summed E-state index contributed by atoms with van der Waals surface area (Å²) in [6.07, 6.45) is 5.00. The van der Waals surface area contributed by atoms with Gasteiger partial charge in [-0.25, -0.2) is 0 Å². The molecule has 5 aromatic carbocycles. The van der Waals surface area contributed by atoms with Crippen molar-refractivity contribution in [3.63, 3.8) is 0 Å². The van der Waals surface area contributed by atoms with Crippen LogP contribution in [0.1, 0.15) is 72.4 Å². The van der Waals surface area contributed by atoms with Crippen LogP contribution in [0.5, 0.6) is 17.2 Å². The predicted octanol–water partition coefficient (Wildman–Crippen LogP) is 9.96. The minimum Gasteiger partial charge on any atom is -0.492 e. The summed E-state index contributed by atoms with van der Waals surface area (Å²) in [6.45, 7) is 8.35. The predicted molar refractivity (Wildman–Crippen MR) is 199 cm³/mol. The number of hydrogen-bond donors (Lipinski definition) is 0. The molecule has 5 aromatic rings. The van der Waals surface area contributed by atoms with Crippen LogP contribution < -0.4 is 19.1 Å². The highest BCUT2D eigenvalue weighted by atomic mass is 16.5. The van der Waals surface area contributed by atoms with Crippen LogP contribution in [-0.2, 0) is 19.8 Å². The Labute approximate surface area is 292 Å². The number of anilines is 1. The van der Waals surface area contributed by atoms with Crippen molar-refractivity contribution in [3.8, 4) is 17.2 Å². The number of rotatable bonds is 14. The standard InChI is InChI=1S/C44H48N2O3/c1-2-41-42-30-40(49-33-36-14-8-4-9-15-36)24-25-43(42)46(31-34-16-20-38(21-17-34)47-29-28-45-26-10-5-11-27-45)44(41)37-18-22-39(23-19-37)48-32-35-12-6-3-7-13-35/h3-4,6-9,12-25,30,41,44H,2,5,10-11,26-29,31-33H2,1H3. The van der Waals surface area contributed by atoms with Gasteiger partial charge in [0, 0.05) is 24.7 Å². The number of hydrogen-bond acceptors (Lipinski definition) is 5. The molecular weight excluding hydrogens is 604 g/mol. The number of nitrogens with zero attached hydrogens (tertiary/aromatic N) is 2. The second-order valence-corrected chi connectivity index (χ2v) is 13.3. The first-order valence-electron chi connectivity index (χ1n) is 18.0. The third kappa shape index (κ3) is 8.29. The third-order valence-electron chi connectivity index (χ3n) is 9.98. The molecule has 0 N–H and O–H groups in total. The monoisotopic (exact) mass is 652 g/mol. The van der Waals surface area contributed by atoms with Gasteiger partial charge in [0.1, 0.15) is 37.1 Å². The molecule has 0 bridgehead atoms. The van der Waals surface area contributed by atoms with Gasteiger partial charge in [-0.1, -0.05) is 98.3 Å². The highest BCUT2D eigenvalue weighted by molar-refractivity contribution is 5.65. The second-order valence-electron chi connectivity index (χ2n) is 13.3. The zero-order valence-electron chi connectivity index (χ0n) is 28.7. The average Bonchev–Trinajstić information content (AvgIpc) is 3.47. The lowest BCUT2D eigenvalue weighted by Gasteiger charge is -2.31. The SMILES string of the molecule is CCC1c2cc(OCc3ccccc3)ccc2N(Cc2ccc(OCCN3CCCCC3)cc2)C1c1ccc(OCc2ccccc2)cc1. The highest BCUT2D eigenvalue weighted by Gasteiger charge is 2.38. The van der Waals surface area contributed by atoms with Crippen LogP contribution in [0, 0.1) is 0 Å². The van der Waals surface area contributed by atoms with Gasteiger partial charge in [-0.05, 0) is 103 Å². The summed E-state index contributed by atoms with van der Waals surface area (Å²) < 4.78 is 18.6. The summed E-state index contributed by atoms with van der Waals surface area (Å²) in [5.74, 6) is 3.06. The minimum atomic E-state index is 0.188. The van der Waals surface area contributed by atoms with Gasteiger partial charge in [-0.2, -0.15) is 0 Å². The van der Waals surface area contributed by atoms with E-state index in [1.807, 2.05) is 24.3 Å². The normalized spacial score (nSPS) is 17.4. The zero-order valence-corrected chi connectivity index (χ0v) is 28.7. The topological polar surface area (TPSA) is 34.2 Å². The van der Waals surface area contributed by atoms with Gasteiger partial charge in [0.25, 0.3) is 0 Å². The Morgan fingerprint density at radius 3 is 1.84 bits per heavy atom. The molecule has 0 aliphatic carbocycles. The van der Waals surface area contributed by atoms with E-state index in [1.165, 1.54) is 65.9 Å². The molecule has 0 aromatic heterocycles. The fraction of sp³-hybridized carbons (Fsp3) is 0.318. The molecular formula is C44H48N2O3. The number of likely N-dealkylation sites (tertiary alicyclic amines) is 1. The molecule has 0 spiro atoms. The molecule has 0 saturated carbocycles. The molecule has 2 aliphatic rings. The van der Waals surface area contributed by atoms with Crippen molar-refractivity contribution < 1.29 is 14.2 Å². The Morgan fingerprint density at radius 1 is 0.592 bits per heavy atom. The van der Waals surface area contributed by atoms with Gasteiger partial charge < -0.3 is 19.1 Å². The number of benzene rings is 5. The van der Waals surface area contributed by atoms with E-state index in [4.69, 9.17) is 14.2 Å². The fourth-order valence-corrected chi connectivity index (χ4v) is 7.36. The van der Waals surface area contributed by atoms with E-state index >= 15 is 0 Å². The molecule has 252 valence electrons. The Morgan fingerprint density at radius 2 is 1.18 bits per heavy atom. The number of ether oxygens (including phenoxy) is 3. The van der Waals surface area contributed by atoms with Crippen molar-refractivity contribution in [3.05, 3.63) is 155 Å².